The molecule has 3 aliphatic rings. The maximum absolute atomic E-state index is 13.1. The Morgan fingerprint density at radius 3 is 2.37 bits per heavy atom. The SMILES string of the molecule is CN(C)CCCN(CC1CCN(C2Cc3ccccc3C2)CC1)C(=O)[C@H]1CCCO1. The number of benzene rings is 1. The maximum atomic E-state index is 13.1. The summed E-state index contributed by atoms with van der Waals surface area (Å²) in [7, 11) is 4.20. The lowest BCUT2D eigenvalue weighted by atomic mass is 9.94. The van der Waals surface area contributed by atoms with Gasteiger partial charge in [0.2, 0.25) is 0 Å². The number of carbonyl (C=O) groups excluding carboxylic acids is 1. The Kier molecular flexibility index (Phi) is 7.45. The first-order valence-electron chi connectivity index (χ1n) is 12.0. The van der Waals surface area contributed by atoms with Gasteiger partial charge in [-0.2, -0.15) is 0 Å². The molecule has 0 saturated carbocycles. The molecule has 2 fully saturated rings. The molecule has 166 valence electrons. The van der Waals surface area contributed by atoms with Crippen LogP contribution in [0.3, 0.4) is 0 Å². The van der Waals surface area contributed by atoms with Gasteiger partial charge in [0.05, 0.1) is 0 Å². The summed E-state index contributed by atoms with van der Waals surface area (Å²) in [6, 6.07) is 9.61. The average Bonchev–Trinajstić information content (AvgIpc) is 3.42. The van der Waals surface area contributed by atoms with Gasteiger partial charge in [-0.25, -0.2) is 0 Å². The van der Waals surface area contributed by atoms with Crippen molar-refractivity contribution in [3.05, 3.63) is 35.4 Å². The van der Waals surface area contributed by atoms with E-state index < -0.39 is 0 Å². The highest BCUT2D eigenvalue weighted by Gasteiger charge is 2.33. The van der Waals surface area contributed by atoms with E-state index in [2.05, 4.69) is 53.1 Å². The summed E-state index contributed by atoms with van der Waals surface area (Å²) in [4.78, 5) is 20.1. The number of ether oxygens (including phenoxy) is 1. The van der Waals surface area contributed by atoms with Crippen molar-refractivity contribution in [3.8, 4) is 0 Å². The third-order valence-electron chi connectivity index (χ3n) is 7.22. The third kappa shape index (κ3) is 5.43. The van der Waals surface area contributed by atoms with E-state index >= 15 is 0 Å². The van der Waals surface area contributed by atoms with Crippen molar-refractivity contribution in [2.24, 2.45) is 5.92 Å². The fourth-order valence-corrected chi connectivity index (χ4v) is 5.45. The summed E-state index contributed by atoms with van der Waals surface area (Å²) >= 11 is 0. The molecule has 0 bridgehead atoms. The number of hydrogen-bond acceptors (Lipinski definition) is 4. The minimum absolute atomic E-state index is 0.193. The summed E-state index contributed by atoms with van der Waals surface area (Å²) in [6.45, 7) is 5.87. The molecule has 0 aromatic heterocycles. The molecule has 0 N–H and O–H groups in total. The van der Waals surface area contributed by atoms with E-state index in [-0.39, 0.29) is 12.0 Å². The van der Waals surface area contributed by atoms with Crippen molar-refractivity contribution < 1.29 is 9.53 Å². The van der Waals surface area contributed by atoms with Crippen LogP contribution in [0.2, 0.25) is 0 Å². The molecule has 5 nitrogen and oxygen atoms in total. The number of likely N-dealkylation sites (tertiary alicyclic amines) is 1. The number of rotatable bonds is 8. The number of fused-ring (bicyclic) bond motifs is 1. The number of carbonyl (C=O) groups is 1. The Labute approximate surface area is 182 Å². The van der Waals surface area contributed by atoms with Crippen molar-refractivity contribution in [2.45, 2.75) is 57.1 Å². The van der Waals surface area contributed by atoms with Crippen LogP contribution in [0, 0.1) is 5.92 Å². The smallest absolute Gasteiger partial charge is 0.251 e. The monoisotopic (exact) mass is 413 g/mol. The van der Waals surface area contributed by atoms with Crippen LogP contribution in [0.1, 0.15) is 43.2 Å². The molecule has 2 aliphatic heterocycles. The number of hydrogen-bond donors (Lipinski definition) is 0. The lowest BCUT2D eigenvalue weighted by Gasteiger charge is -2.38. The van der Waals surface area contributed by atoms with Gasteiger partial charge in [-0.1, -0.05) is 24.3 Å². The molecule has 0 unspecified atom stereocenters. The van der Waals surface area contributed by atoms with E-state index in [0.717, 1.165) is 45.5 Å². The number of piperidine rings is 1. The fourth-order valence-electron chi connectivity index (χ4n) is 5.45. The summed E-state index contributed by atoms with van der Waals surface area (Å²) in [6.07, 6.45) is 7.56. The van der Waals surface area contributed by atoms with Gasteiger partial charge in [0.25, 0.3) is 5.91 Å². The molecule has 1 aromatic rings. The van der Waals surface area contributed by atoms with Crippen LogP contribution in [-0.4, -0.2) is 86.2 Å². The predicted molar refractivity (Wildman–Crippen MR) is 121 cm³/mol. The van der Waals surface area contributed by atoms with Gasteiger partial charge in [-0.05, 0) is 95.7 Å². The lowest BCUT2D eigenvalue weighted by molar-refractivity contribution is -0.142. The molecule has 0 spiro atoms. The molecule has 1 atom stereocenters. The van der Waals surface area contributed by atoms with Gasteiger partial charge in [-0.15, -0.1) is 0 Å². The number of amides is 1. The Balaban J connectivity index is 1.28. The largest absolute Gasteiger partial charge is 0.368 e. The second-order valence-corrected chi connectivity index (χ2v) is 9.75. The number of nitrogens with zero attached hydrogens (tertiary/aromatic N) is 3. The standard InChI is InChI=1S/C25H39N3O2/c1-26(2)12-6-13-28(25(29)24-9-5-16-30-24)19-20-10-14-27(15-11-20)23-17-21-7-3-4-8-22(21)18-23/h3-4,7-8,20,23-24H,5-6,9-19H2,1-2H3/t24-/m1/s1. The van der Waals surface area contributed by atoms with Crippen LogP contribution in [-0.2, 0) is 22.4 Å². The molecule has 4 rings (SSSR count). The maximum Gasteiger partial charge on any atom is 0.251 e. The Morgan fingerprint density at radius 2 is 1.77 bits per heavy atom. The second-order valence-electron chi connectivity index (χ2n) is 9.75. The molecule has 1 aromatic carbocycles. The molecule has 5 heteroatoms. The summed E-state index contributed by atoms with van der Waals surface area (Å²) in [5, 5.41) is 0. The minimum atomic E-state index is -0.193. The van der Waals surface area contributed by atoms with E-state index in [0.29, 0.717) is 12.0 Å². The summed E-state index contributed by atoms with van der Waals surface area (Å²) in [5.74, 6) is 0.856. The van der Waals surface area contributed by atoms with E-state index in [1.54, 1.807) is 11.1 Å². The first-order valence-corrected chi connectivity index (χ1v) is 12.0. The summed E-state index contributed by atoms with van der Waals surface area (Å²) in [5.41, 5.74) is 3.08. The van der Waals surface area contributed by atoms with Crippen molar-refractivity contribution in [1.29, 1.82) is 0 Å². The molecule has 1 amide bonds. The van der Waals surface area contributed by atoms with Crippen LogP contribution >= 0.6 is 0 Å². The fraction of sp³-hybridized carbons (Fsp3) is 0.720. The third-order valence-corrected chi connectivity index (χ3v) is 7.22. The van der Waals surface area contributed by atoms with Gasteiger partial charge < -0.3 is 14.5 Å². The quantitative estimate of drug-likeness (QED) is 0.657. The lowest BCUT2D eigenvalue weighted by Crippen LogP contribution is -2.47. The molecular weight excluding hydrogens is 374 g/mol. The van der Waals surface area contributed by atoms with Gasteiger partial charge in [-0.3, -0.25) is 9.69 Å². The van der Waals surface area contributed by atoms with Gasteiger partial charge in [0, 0.05) is 25.7 Å². The van der Waals surface area contributed by atoms with Crippen LogP contribution in [0.5, 0.6) is 0 Å². The second kappa shape index (κ2) is 10.3. The first-order chi connectivity index (χ1) is 14.6. The van der Waals surface area contributed by atoms with Crippen molar-refractivity contribution in [3.63, 3.8) is 0 Å². The molecule has 2 saturated heterocycles. The normalized spacial score (nSPS) is 23.2. The molecule has 1 aliphatic carbocycles. The topological polar surface area (TPSA) is 36.0 Å². The molecular formula is C25H39N3O2. The van der Waals surface area contributed by atoms with E-state index in [9.17, 15) is 4.79 Å². The van der Waals surface area contributed by atoms with Crippen LogP contribution < -0.4 is 0 Å². The van der Waals surface area contributed by atoms with E-state index in [4.69, 9.17) is 4.74 Å². The van der Waals surface area contributed by atoms with E-state index in [1.807, 2.05) is 0 Å². The van der Waals surface area contributed by atoms with Crippen LogP contribution in [0.15, 0.2) is 24.3 Å². The van der Waals surface area contributed by atoms with Crippen LogP contribution in [0.25, 0.3) is 0 Å². The Morgan fingerprint density at radius 1 is 1.07 bits per heavy atom. The highest BCUT2D eigenvalue weighted by atomic mass is 16.5. The highest BCUT2D eigenvalue weighted by molar-refractivity contribution is 5.81. The highest BCUT2D eigenvalue weighted by Crippen LogP contribution is 2.29. The predicted octanol–water partition coefficient (Wildman–Crippen LogP) is 2.83. The Bertz CT molecular complexity index is 668. The first kappa shape index (κ1) is 21.8. The molecule has 2 heterocycles. The summed E-state index contributed by atoms with van der Waals surface area (Å²) < 4.78 is 5.72. The molecule has 30 heavy (non-hydrogen) atoms. The zero-order chi connectivity index (χ0) is 20.9. The van der Waals surface area contributed by atoms with Crippen molar-refractivity contribution in [1.82, 2.24) is 14.7 Å². The Hall–Kier alpha value is -1.43. The zero-order valence-electron chi connectivity index (χ0n) is 18.9. The van der Waals surface area contributed by atoms with Crippen molar-refractivity contribution >= 4 is 5.91 Å². The van der Waals surface area contributed by atoms with Gasteiger partial charge >= 0.3 is 0 Å². The minimum Gasteiger partial charge on any atom is -0.368 e. The van der Waals surface area contributed by atoms with Gasteiger partial charge in [0.15, 0.2) is 0 Å². The zero-order valence-corrected chi connectivity index (χ0v) is 18.9. The van der Waals surface area contributed by atoms with Crippen molar-refractivity contribution in [2.75, 3.05) is 53.4 Å². The van der Waals surface area contributed by atoms with Gasteiger partial charge in [0.1, 0.15) is 6.10 Å². The van der Waals surface area contributed by atoms with E-state index in [1.165, 1.54) is 38.8 Å². The molecule has 0 radical (unpaired) electrons. The average molecular weight is 414 g/mol. The van der Waals surface area contributed by atoms with Crippen LogP contribution in [0.4, 0.5) is 0 Å².